The van der Waals surface area contributed by atoms with Gasteiger partial charge in [-0.25, -0.2) is 4.98 Å². The summed E-state index contributed by atoms with van der Waals surface area (Å²) in [6.45, 7) is 0.635. The van der Waals surface area contributed by atoms with Crippen molar-refractivity contribution in [2.24, 2.45) is 0 Å². The van der Waals surface area contributed by atoms with Crippen LogP contribution < -0.4 is 4.90 Å². The monoisotopic (exact) mass is 313 g/mol. The minimum Gasteiger partial charge on any atom is -0.339 e. The molecular weight excluding hydrogens is 290 g/mol. The molecule has 1 saturated carbocycles. The van der Waals surface area contributed by atoms with Gasteiger partial charge in [-0.1, -0.05) is 25.0 Å². The summed E-state index contributed by atoms with van der Waals surface area (Å²) in [6.07, 6.45) is 9.89. The van der Waals surface area contributed by atoms with Crippen molar-refractivity contribution in [3.63, 3.8) is 0 Å². The van der Waals surface area contributed by atoms with Gasteiger partial charge < -0.3 is 14.4 Å². The molecular formula is C18H23N3O2. The van der Waals surface area contributed by atoms with E-state index in [1.165, 1.54) is 12.8 Å². The highest BCUT2D eigenvalue weighted by atomic mass is 16.7. The Morgan fingerprint density at radius 3 is 2.70 bits per heavy atom. The van der Waals surface area contributed by atoms with Gasteiger partial charge in [0.15, 0.2) is 0 Å². The number of hydrogen-bond donors (Lipinski definition) is 0. The van der Waals surface area contributed by atoms with Gasteiger partial charge in [-0.3, -0.25) is 4.98 Å². The first-order valence-electron chi connectivity index (χ1n) is 8.11. The summed E-state index contributed by atoms with van der Waals surface area (Å²) < 4.78 is 11.8. The SMILES string of the molecule is COC(OC1CCCC1)N(Cc1cccnc1)c1ccccn1. The van der Waals surface area contributed by atoms with E-state index in [0.29, 0.717) is 6.54 Å². The van der Waals surface area contributed by atoms with Crippen molar-refractivity contribution in [2.45, 2.75) is 44.7 Å². The molecule has 2 heterocycles. The van der Waals surface area contributed by atoms with Crippen molar-refractivity contribution in [3.05, 3.63) is 54.5 Å². The van der Waals surface area contributed by atoms with Gasteiger partial charge in [-0.05, 0) is 36.6 Å². The molecule has 1 aliphatic rings. The molecule has 3 rings (SSSR count). The molecule has 5 heteroatoms. The summed E-state index contributed by atoms with van der Waals surface area (Å²) in [6, 6.07) is 9.84. The van der Waals surface area contributed by atoms with Crippen LogP contribution in [0.1, 0.15) is 31.2 Å². The second kappa shape index (κ2) is 8.04. The molecule has 0 amide bonds. The van der Waals surface area contributed by atoms with Crippen LogP contribution in [0.25, 0.3) is 0 Å². The van der Waals surface area contributed by atoms with Crippen molar-refractivity contribution >= 4 is 5.82 Å². The van der Waals surface area contributed by atoms with Crippen LogP contribution in [-0.2, 0) is 16.0 Å². The third kappa shape index (κ3) is 4.27. The molecule has 0 bridgehead atoms. The predicted molar refractivity (Wildman–Crippen MR) is 88.8 cm³/mol. The van der Waals surface area contributed by atoms with E-state index in [-0.39, 0.29) is 6.10 Å². The van der Waals surface area contributed by atoms with E-state index >= 15 is 0 Å². The fourth-order valence-corrected chi connectivity index (χ4v) is 2.92. The van der Waals surface area contributed by atoms with Gasteiger partial charge in [0.05, 0.1) is 12.6 Å². The lowest BCUT2D eigenvalue weighted by Gasteiger charge is -2.33. The normalized spacial score (nSPS) is 16.4. The highest BCUT2D eigenvalue weighted by Gasteiger charge is 2.26. The van der Waals surface area contributed by atoms with Crippen LogP contribution >= 0.6 is 0 Å². The molecule has 1 unspecified atom stereocenters. The van der Waals surface area contributed by atoms with Gasteiger partial charge >= 0.3 is 0 Å². The van der Waals surface area contributed by atoms with Crippen molar-refractivity contribution in [1.29, 1.82) is 0 Å². The van der Waals surface area contributed by atoms with E-state index < -0.39 is 6.41 Å². The predicted octanol–water partition coefficient (Wildman–Crippen LogP) is 3.37. The number of ether oxygens (including phenoxy) is 2. The number of methoxy groups -OCH3 is 1. The number of nitrogens with zero attached hydrogens (tertiary/aromatic N) is 3. The zero-order valence-electron chi connectivity index (χ0n) is 13.5. The van der Waals surface area contributed by atoms with Crippen LogP contribution in [0.2, 0.25) is 0 Å². The van der Waals surface area contributed by atoms with Crippen LogP contribution in [0, 0.1) is 0 Å². The molecule has 5 nitrogen and oxygen atoms in total. The zero-order chi connectivity index (χ0) is 15.9. The van der Waals surface area contributed by atoms with Gasteiger partial charge in [0.1, 0.15) is 5.82 Å². The Morgan fingerprint density at radius 2 is 2.04 bits per heavy atom. The van der Waals surface area contributed by atoms with E-state index in [9.17, 15) is 0 Å². The summed E-state index contributed by atoms with van der Waals surface area (Å²) in [4.78, 5) is 10.7. The lowest BCUT2D eigenvalue weighted by molar-refractivity contribution is -0.154. The Balaban J connectivity index is 1.80. The summed E-state index contributed by atoms with van der Waals surface area (Å²) in [5.74, 6) is 0.834. The van der Waals surface area contributed by atoms with Crippen LogP contribution in [0.5, 0.6) is 0 Å². The van der Waals surface area contributed by atoms with Gasteiger partial charge in [0.25, 0.3) is 0 Å². The highest BCUT2D eigenvalue weighted by molar-refractivity contribution is 5.39. The maximum atomic E-state index is 6.19. The number of hydrogen-bond acceptors (Lipinski definition) is 5. The second-order valence-corrected chi connectivity index (χ2v) is 5.76. The molecule has 0 radical (unpaired) electrons. The first-order chi connectivity index (χ1) is 11.4. The topological polar surface area (TPSA) is 47.5 Å². The molecule has 1 atom stereocenters. The third-order valence-electron chi connectivity index (χ3n) is 4.09. The summed E-state index contributed by atoms with van der Waals surface area (Å²) in [5, 5.41) is 0. The number of aromatic nitrogens is 2. The minimum atomic E-state index is -0.451. The molecule has 1 aliphatic carbocycles. The molecule has 0 aromatic carbocycles. The minimum absolute atomic E-state index is 0.264. The Labute approximate surface area is 137 Å². The molecule has 2 aromatic heterocycles. The second-order valence-electron chi connectivity index (χ2n) is 5.76. The average molecular weight is 313 g/mol. The van der Waals surface area contributed by atoms with E-state index in [1.54, 1.807) is 19.5 Å². The maximum Gasteiger partial charge on any atom is 0.241 e. The Bertz CT molecular complexity index is 573. The van der Waals surface area contributed by atoms with Gasteiger partial charge in [0, 0.05) is 25.7 Å². The molecule has 0 N–H and O–H groups in total. The lowest BCUT2D eigenvalue weighted by atomic mass is 10.2. The summed E-state index contributed by atoms with van der Waals surface area (Å²) >= 11 is 0. The Morgan fingerprint density at radius 1 is 1.17 bits per heavy atom. The van der Waals surface area contributed by atoms with E-state index in [0.717, 1.165) is 24.2 Å². The molecule has 0 saturated heterocycles. The summed E-state index contributed by atoms with van der Waals surface area (Å²) in [7, 11) is 1.68. The quantitative estimate of drug-likeness (QED) is 0.733. The standard InChI is InChI=1S/C18H23N3O2/c1-22-18(23-16-8-2-3-9-16)21(17-10-4-5-12-20-17)14-15-7-6-11-19-13-15/h4-7,10-13,16,18H,2-3,8-9,14H2,1H3. The Kier molecular flexibility index (Phi) is 5.56. The van der Waals surface area contributed by atoms with Crippen molar-refractivity contribution < 1.29 is 9.47 Å². The lowest BCUT2D eigenvalue weighted by Crippen LogP contribution is -2.41. The third-order valence-corrected chi connectivity index (χ3v) is 4.09. The fraction of sp³-hybridized carbons (Fsp3) is 0.444. The molecule has 122 valence electrons. The first kappa shape index (κ1) is 15.9. The van der Waals surface area contributed by atoms with E-state index in [1.807, 2.05) is 41.4 Å². The van der Waals surface area contributed by atoms with Crippen molar-refractivity contribution in [2.75, 3.05) is 12.0 Å². The van der Waals surface area contributed by atoms with Crippen molar-refractivity contribution in [3.8, 4) is 0 Å². The van der Waals surface area contributed by atoms with Gasteiger partial charge in [-0.15, -0.1) is 0 Å². The smallest absolute Gasteiger partial charge is 0.241 e. The number of pyridine rings is 2. The van der Waals surface area contributed by atoms with E-state index in [2.05, 4.69) is 9.97 Å². The largest absolute Gasteiger partial charge is 0.339 e. The molecule has 0 aliphatic heterocycles. The molecule has 23 heavy (non-hydrogen) atoms. The maximum absolute atomic E-state index is 6.19. The molecule has 0 spiro atoms. The van der Waals surface area contributed by atoms with Crippen molar-refractivity contribution in [1.82, 2.24) is 9.97 Å². The number of rotatable bonds is 7. The Hall–Kier alpha value is -1.98. The summed E-state index contributed by atoms with van der Waals surface area (Å²) in [5.41, 5.74) is 1.09. The molecule has 1 fully saturated rings. The first-order valence-corrected chi connectivity index (χ1v) is 8.11. The van der Waals surface area contributed by atoms with Gasteiger partial charge in [-0.2, -0.15) is 0 Å². The van der Waals surface area contributed by atoms with Crippen LogP contribution in [0.3, 0.4) is 0 Å². The zero-order valence-corrected chi connectivity index (χ0v) is 13.5. The number of anilines is 1. The van der Waals surface area contributed by atoms with E-state index in [4.69, 9.17) is 9.47 Å². The van der Waals surface area contributed by atoms with Crippen LogP contribution in [0.15, 0.2) is 48.9 Å². The molecule has 2 aromatic rings. The van der Waals surface area contributed by atoms with Crippen LogP contribution in [-0.4, -0.2) is 29.6 Å². The highest BCUT2D eigenvalue weighted by Crippen LogP contribution is 2.25. The fourth-order valence-electron chi connectivity index (χ4n) is 2.92. The van der Waals surface area contributed by atoms with Crippen LogP contribution in [0.4, 0.5) is 5.82 Å². The average Bonchev–Trinajstić information content (AvgIpc) is 3.13. The van der Waals surface area contributed by atoms with Gasteiger partial charge in [0.2, 0.25) is 6.41 Å².